The van der Waals surface area contributed by atoms with Crippen molar-refractivity contribution >= 4 is 17.6 Å². The smallest absolute Gasteiger partial charge is 0.410 e. The predicted molar refractivity (Wildman–Crippen MR) is 99.1 cm³/mol. The number of piperidine rings is 1. The van der Waals surface area contributed by atoms with Crippen LogP contribution in [-0.4, -0.2) is 35.6 Å². The molecule has 1 aromatic rings. The summed E-state index contributed by atoms with van der Waals surface area (Å²) >= 11 is 0. The normalized spacial score (nSPS) is 16.6. The molecule has 1 heterocycles. The van der Waals surface area contributed by atoms with E-state index in [-0.39, 0.29) is 6.09 Å². The predicted octanol–water partition coefficient (Wildman–Crippen LogP) is 3.69. The molecule has 1 saturated heterocycles. The van der Waals surface area contributed by atoms with Gasteiger partial charge in [0.1, 0.15) is 5.60 Å². The van der Waals surface area contributed by atoms with E-state index >= 15 is 0 Å². The van der Waals surface area contributed by atoms with Crippen molar-refractivity contribution in [3.63, 3.8) is 0 Å². The first-order chi connectivity index (χ1) is 11.7. The van der Waals surface area contributed by atoms with Crippen LogP contribution in [0, 0.1) is 0 Å². The largest absolute Gasteiger partial charge is 0.444 e. The van der Waals surface area contributed by atoms with Gasteiger partial charge in [-0.25, -0.2) is 4.79 Å². The van der Waals surface area contributed by atoms with Crippen molar-refractivity contribution in [1.29, 1.82) is 0 Å². The molecule has 1 aliphatic rings. The number of likely N-dealkylation sites (tertiary alicyclic amines) is 1. The van der Waals surface area contributed by atoms with Crippen molar-refractivity contribution in [1.82, 2.24) is 4.90 Å². The minimum Gasteiger partial charge on any atom is -0.444 e. The first-order valence-electron chi connectivity index (χ1n) is 8.72. The topological polar surface area (TPSA) is 72.6 Å². The molecule has 1 aliphatic heterocycles. The molecule has 1 aromatic carbocycles. The van der Waals surface area contributed by atoms with Crippen LogP contribution >= 0.6 is 0 Å². The Morgan fingerprint density at radius 3 is 2.20 bits per heavy atom. The molecule has 0 unspecified atom stereocenters. The van der Waals surface area contributed by atoms with Gasteiger partial charge in [0, 0.05) is 19.2 Å². The van der Waals surface area contributed by atoms with Gasteiger partial charge in [-0.15, -0.1) is 0 Å². The van der Waals surface area contributed by atoms with E-state index in [4.69, 9.17) is 10.5 Å². The number of primary amides is 1. The molecule has 25 heavy (non-hydrogen) atoms. The molecule has 2 rings (SSSR count). The molecule has 136 valence electrons. The lowest BCUT2D eigenvalue weighted by atomic mass is 9.88. The summed E-state index contributed by atoms with van der Waals surface area (Å²) in [6, 6.07) is 8.23. The Bertz CT molecular complexity index is 649. The van der Waals surface area contributed by atoms with Crippen LogP contribution in [-0.2, 0) is 9.53 Å². The van der Waals surface area contributed by atoms with Crippen molar-refractivity contribution in [3.8, 4) is 0 Å². The number of hydrogen-bond acceptors (Lipinski definition) is 3. The van der Waals surface area contributed by atoms with Crippen molar-refractivity contribution in [2.24, 2.45) is 5.73 Å². The van der Waals surface area contributed by atoms with Crippen LogP contribution in [0.5, 0.6) is 0 Å². The zero-order valence-corrected chi connectivity index (χ0v) is 15.5. The van der Waals surface area contributed by atoms with Crippen LogP contribution < -0.4 is 5.73 Å². The number of nitrogens with two attached hydrogens (primary N) is 1. The lowest BCUT2D eigenvalue weighted by Crippen LogP contribution is -2.41. The van der Waals surface area contributed by atoms with E-state index in [1.54, 1.807) is 4.90 Å². The lowest BCUT2D eigenvalue weighted by Gasteiger charge is -2.33. The first-order valence-corrected chi connectivity index (χ1v) is 8.72. The third-order valence-electron chi connectivity index (χ3n) is 4.34. The second-order valence-electron chi connectivity index (χ2n) is 7.59. The minimum atomic E-state index is -0.458. The Morgan fingerprint density at radius 2 is 1.72 bits per heavy atom. The highest BCUT2D eigenvalue weighted by Gasteiger charge is 2.27. The molecule has 2 N–H and O–H groups in total. The van der Waals surface area contributed by atoms with E-state index in [0.717, 1.165) is 24.0 Å². The van der Waals surface area contributed by atoms with Gasteiger partial charge in [0.2, 0.25) is 5.91 Å². The van der Waals surface area contributed by atoms with Gasteiger partial charge in [-0.05, 0) is 63.2 Å². The Labute approximate surface area is 149 Å². The summed E-state index contributed by atoms with van der Waals surface area (Å²) in [5, 5.41) is 0. The van der Waals surface area contributed by atoms with Crippen molar-refractivity contribution in [3.05, 3.63) is 41.5 Å². The summed E-state index contributed by atoms with van der Waals surface area (Å²) in [6.07, 6.45) is 3.06. The number of benzene rings is 1. The fourth-order valence-electron chi connectivity index (χ4n) is 3.04. The molecule has 0 radical (unpaired) electrons. The van der Waals surface area contributed by atoms with Gasteiger partial charge in [-0.3, -0.25) is 4.79 Å². The maximum absolute atomic E-state index is 12.1. The molecule has 0 aliphatic carbocycles. The maximum atomic E-state index is 12.1. The number of allylic oxidation sites excluding steroid dienone is 1. The molecule has 2 amide bonds. The minimum absolute atomic E-state index is 0.228. The monoisotopic (exact) mass is 344 g/mol. The third-order valence-corrected chi connectivity index (χ3v) is 4.34. The van der Waals surface area contributed by atoms with Gasteiger partial charge in [-0.1, -0.05) is 24.3 Å². The molecule has 0 spiro atoms. The van der Waals surface area contributed by atoms with Crippen LogP contribution in [0.3, 0.4) is 0 Å². The van der Waals surface area contributed by atoms with E-state index in [1.165, 1.54) is 11.6 Å². The SMILES string of the molecule is CC(=CC(N)=O)c1ccc(C2CCN(C(=O)OC(C)(C)C)CC2)cc1. The third kappa shape index (κ3) is 5.62. The molecule has 0 atom stereocenters. The summed E-state index contributed by atoms with van der Waals surface area (Å²) in [5.74, 6) is 0.00394. The van der Waals surface area contributed by atoms with Gasteiger partial charge in [0.25, 0.3) is 0 Å². The molecule has 5 heteroatoms. The highest BCUT2D eigenvalue weighted by molar-refractivity contribution is 5.93. The number of amides is 2. The number of ether oxygens (including phenoxy) is 1. The number of nitrogens with zero attached hydrogens (tertiary/aromatic N) is 1. The highest BCUT2D eigenvalue weighted by atomic mass is 16.6. The van der Waals surface area contributed by atoms with Crippen molar-refractivity contribution in [2.75, 3.05) is 13.1 Å². The van der Waals surface area contributed by atoms with E-state index < -0.39 is 11.5 Å². The first kappa shape index (κ1) is 19.0. The van der Waals surface area contributed by atoms with Crippen LogP contribution in [0.1, 0.15) is 57.6 Å². The van der Waals surface area contributed by atoms with Crippen LogP contribution in [0.15, 0.2) is 30.3 Å². The van der Waals surface area contributed by atoms with Gasteiger partial charge in [-0.2, -0.15) is 0 Å². The molecule has 5 nitrogen and oxygen atoms in total. The molecular weight excluding hydrogens is 316 g/mol. The molecule has 0 saturated carbocycles. The van der Waals surface area contributed by atoms with Gasteiger partial charge in [0.05, 0.1) is 0 Å². The Balaban J connectivity index is 1.95. The van der Waals surface area contributed by atoms with E-state index in [0.29, 0.717) is 19.0 Å². The lowest BCUT2D eigenvalue weighted by molar-refractivity contribution is -0.113. The second-order valence-corrected chi connectivity index (χ2v) is 7.59. The van der Waals surface area contributed by atoms with E-state index in [2.05, 4.69) is 12.1 Å². The summed E-state index contributed by atoms with van der Waals surface area (Å²) in [5.41, 5.74) is 7.85. The van der Waals surface area contributed by atoms with E-state index in [9.17, 15) is 9.59 Å². The molecule has 0 aromatic heterocycles. The average molecular weight is 344 g/mol. The summed E-state index contributed by atoms with van der Waals surface area (Å²) < 4.78 is 5.43. The highest BCUT2D eigenvalue weighted by Crippen LogP contribution is 2.29. The Kier molecular flexibility index (Phi) is 5.88. The quantitative estimate of drug-likeness (QED) is 0.850. The van der Waals surface area contributed by atoms with E-state index in [1.807, 2.05) is 39.8 Å². The summed E-state index contributed by atoms with van der Waals surface area (Å²) in [6.45, 7) is 8.94. The molecule has 0 bridgehead atoms. The van der Waals surface area contributed by atoms with Crippen LogP contribution in [0.25, 0.3) is 5.57 Å². The van der Waals surface area contributed by atoms with Crippen molar-refractivity contribution in [2.45, 2.75) is 52.1 Å². The fourth-order valence-corrected chi connectivity index (χ4v) is 3.04. The average Bonchev–Trinajstić information content (AvgIpc) is 2.53. The van der Waals surface area contributed by atoms with Crippen molar-refractivity contribution < 1.29 is 14.3 Å². The maximum Gasteiger partial charge on any atom is 0.410 e. The summed E-state index contributed by atoms with van der Waals surface area (Å²) in [4.78, 5) is 24.9. The number of carbonyl (C=O) groups excluding carboxylic acids is 2. The molecular formula is C20H28N2O3. The Hall–Kier alpha value is -2.30. The van der Waals surface area contributed by atoms with Gasteiger partial charge < -0.3 is 15.4 Å². The number of carbonyl (C=O) groups is 2. The number of hydrogen-bond donors (Lipinski definition) is 1. The standard InChI is InChI=1S/C20H28N2O3/c1-14(13-18(21)23)15-5-7-16(8-6-15)17-9-11-22(12-10-17)19(24)25-20(2,3)4/h5-8,13,17H,9-12H2,1-4H3,(H2,21,23). The number of rotatable bonds is 3. The summed E-state index contributed by atoms with van der Waals surface area (Å²) in [7, 11) is 0. The van der Waals surface area contributed by atoms with Gasteiger partial charge >= 0.3 is 6.09 Å². The zero-order valence-electron chi connectivity index (χ0n) is 15.5. The van der Waals surface area contributed by atoms with Gasteiger partial charge in [0.15, 0.2) is 0 Å². The second kappa shape index (κ2) is 7.72. The van der Waals surface area contributed by atoms with Crippen LogP contribution in [0.4, 0.5) is 4.79 Å². The zero-order chi connectivity index (χ0) is 18.6. The Morgan fingerprint density at radius 1 is 1.16 bits per heavy atom. The fraction of sp³-hybridized carbons (Fsp3) is 0.500. The molecule has 1 fully saturated rings. The van der Waals surface area contributed by atoms with Crippen LogP contribution in [0.2, 0.25) is 0 Å².